The van der Waals surface area contributed by atoms with Gasteiger partial charge in [0.1, 0.15) is 0 Å². The fourth-order valence-corrected chi connectivity index (χ4v) is 2.49. The van der Waals surface area contributed by atoms with Crippen molar-refractivity contribution in [3.63, 3.8) is 0 Å². The van der Waals surface area contributed by atoms with Gasteiger partial charge < -0.3 is 10.6 Å². The van der Waals surface area contributed by atoms with Crippen LogP contribution >= 0.6 is 11.6 Å². The molecule has 0 bridgehead atoms. The molecule has 2 rings (SSSR count). The first-order valence-corrected chi connectivity index (χ1v) is 7.45. The van der Waals surface area contributed by atoms with Crippen LogP contribution in [0.2, 0.25) is 5.02 Å². The number of hydrogen-bond donors (Lipinski definition) is 1. The van der Waals surface area contributed by atoms with E-state index >= 15 is 0 Å². The molecule has 0 fully saturated rings. The predicted molar refractivity (Wildman–Crippen MR) is 87.7 cm³/mol. The summed E-state index contributed by atoms with van der Waals surface area (Å²) in [6.45, 7) is 3.68. The molecule has 0 saturated carbocycles. The first-order chi connectivity index (χ1) is 9.76. The lowest BCUT2D eigenvalue weighted by atomic mass is 10.1. The summed E-state index contributed by atoms with van der Waals surface area (Å²) in [6, 6.07) is 16.4. The van der Waals surface area contributed by atoms with Crippen LogP contribution in [0.3, 0.4) is 0 Å². The van der Waals surface area contributed by atoms with Crippen LogP contribution < -0.4 is 10.6 Å². The Morgan fingerprint density at radius 2 is 1.85 bits per heavy atom. The van der Waals surface area contributed by atoms with Gasteiger partial charge >= 0.3 is 0 Å². The zero-order chi connectivity index (χ0) is 14.4. The Balaban J connectivity index is 2.41. The topological polar surface area (TPSA) is 29.3 Å². The van der Waals surface area contributed by atoms with Crippen LogP contribution in [0.4, 0.5) is 11.4 Å². The van der Waals surface area contributed by atoms with E-state index in [1.165, 1.54) is 5.69 Å². The average molecular weight is 289 g/mol. The van der Waals surface area contributed by atoms with Gasteiger partial charge in [0.05, 0.1) is 0 Å². The molecule has 0 unspecified atom stereocenters. The number of para-hydroxylation sites is 1. The van der Waals surface area contributed by atoms with Crippen molar-refractivity contribution in [3.8, 4) is 0 Å². The second kappa shape index (κ2) is 7.32. The number of halogens is 1. The van der Waals surface area contributed by atoms with Gasteiger partial charge in [0, 0.05) is 29.5 Å². The third-order valence-electron chi connectivity index (χ3n) is 3.36. The lowest BCUT2D eigenvalue weighted by molar-refractivity contribution is 0.782. The molecule has 0 amide bonds. The van der Waals surface area contributed by atoms with Crippen LogP contribution in [-0.2, 0) is 6.54 Å². The summed E-state index contributed by atoms with van der Waals surface area (Å²) in [6.07, 6.45) is 2.30. The summed E-state index contributed by atoms with van der Waals surface area (Å²) >= 11 is 6.08. The Labute approximate surface area is 126 Å². The lowest BCUT2D eigenvalue weighted by Crippen LogP contribution is -2.20. The highest BCUT2D eigenvalue weighted by atomic mass is 35.5. The third-order valence-corrected chi connectivity index (χ3v) is 3.59. The number of nitrogens with zero attached hydrogens (tertiary/aromatic N) is 1. The summed E-state index contributed by atoms with van der Waals surface area (Å²) in [4.78, 5) is 2.32. The zero-order valence-corrected chi connectivity index (χ0v) is 12.6. The van der Waals surface area contributed by atoms with Gasteiger partial charge in [-0.2, -0.15) is 0 Å². The van der Waals surface area contributed by atoms with E-state index in [1.807, 2.05) is 18.2 Å². The minimum atomic E-state index is 0.491. The van der Waals surface area contributed by atoms with Gasteiger partial charge in [-0.1, -0.05) is 43.1 Å². The van der Waals surface area contributed by atoms with E-state index in [2.05, 4.69) is 42.2 Å². The lowest BCUT2D eigenvalue weighted by Gasteiger charge is -2.27. The molecule has 0 aliphatic heterocycles. The summed E-state index contributed by atoms with van der Waals surface area (Å²) in [5, 5.41) is 0.734. The molecule has 0 aliphatic carbocycles. The summed E-state index contributed by atoms with van der Waals surface area (Å²) in [5.41, 5.74) is 9.30. The molecule has 2 aromatic carbocycles. The summed E-state index contributed by atoms with van der Waals surface area (Å²) in [5.74, 6) is 0. The monoisotopic (exact) mass is 288 g/mol. The molecule has 106 valence electrons. The molecule has 0 saturated heterocycles. The molecule has 0 spiro atoms. The van der Waals surface area contributed by atoms with E-state index in [4.69, 9.17) is 17.3 Å². The number of hydrogen-bond acceptors (Lipinski definition) is 2. The van der Waals surface area contributed by atoms with Crippen molar-refractivity contribution < 1.29 is 0 Å². The average Bonchev–Trinajstić information content (AvgIpc) is 2.49. The molecule has 0 aliphatic rings. The van der Waals surface area contributed by atoms with Gasteiger partial charge in [-0.25, -0.2) is 0 Å². The normalized spacial score (nSPS) is 10.6. The Kier molecular flexibility index (Phi) is 5.45. The van der Waals surface area contributed by atoms with Gasteiger partial charge in [-0.3, -0.25) is 0 Å². The van der Waals surface area contributed by atoms with Crippen molar-refractivity contribution in [1.29, 1.82) is 0 Å². The Morgan fingerprint density at radius 3 is 2.50 bits per heavy atom. The van der Waals surface area contributed by atoms with Crippen LogP contribution in [0, 0.1) is 0 Å². The molecule has 20 heavy (non-hydrogen) atoms. The number of anilines is 2. The Hall–Kier alpha value is -1.51. The number of rotatable bonds is 6. The molecule has 2 nitrogen and oxygen atoms in total. The van der Waals surface area contributed by atoms with E-state index in [9.17, 15) is 0 Å². The molecule has 0 aromatic heterocycles. The van der Waals surface area contributed by atoms with Crippen molar-refractivity contribution in [2.24, 2.45) is 5.73 Å². The molecule has 0 heterocycles. The molecular formula is C17H21ClN2. The van der Waals surface area contributed by atoms with E-state index < -0.39 is 0 Å². The quantitative estimate of drug-likeness (QED) is 0.832. The van der Waals surface area contributed by atoms with Crippen molar-refractivity contribution >= 4 is 23.0 Å². The maximum absolute atomic E-state index is 6.08. The molecule has 3 heteroatoms. The second-order valence-electron chi connectivity index (χ2n) is 4.82. The molecule has 2 N–H and O–H groups in total. The van der Waals surface area contributed by atoms with Crippen LogP contribution in [0.1, 0.15) is 25.3 Å². The fraction of sp³-hybridized carbons (Fsp3) is 0.294. The van der Waals surface area contributed by atoms with Crippen LogP contribution in [0.25, 0.3) is 0 Å². The summed E-state index contributed by atoms with van der Waals surface area (Å²) in [7, 11) is 0. The first-order valence-electron chi connectivity index (χ1n) is 7.07. The molecule has 0 radical (unpaired) electrons. The highest BCUT2D eigenvalue weighted by Gasteiger charge is 2.12. The predicted octanol–water partition coefficient (Wildman–Crippen LogP) is 4.74. The van der Waals surface area contributed by atoms with Gasteiger partial charge in [0.25, 0.3) is 0 Å². The first kappa shape index (κ1) is 14.9. The number of nitrogens with two attached hydrogens (primary N) is 1. The van der Waals surface area contributed by atoms with E-state index in [1.54, 1.807) is 0 Å². The molecular weight excluding hydrogens is 268 g/mol. The zero-order valence-electron chi connectivity index (χ0n) is 11.8. The molecule has 2 aromatic rings. The number of unbranched alkanes of at least 4 members (excludes halogenated alkanes) is 1. The van der Waals surface area contributed by atoms with E-state index in [-0.39, 0.29) is 0 Å². The van der Waals surface area contributed by atoms with Gasteiger partial charge in [-0.15, -0.1) is 0 Å². The Morgan fingerprint density at radius 1 is 1.10 bits per heavy atom. The van der Waals surface area contributed by atoms with Gasteiger partial charge in [-0.05, 0) is 42.3 Å². The standard InChI is InChI=1S/C17H21ClN2/c1-2-3-11-20(16-7-5-4-6-8-16)17-10-9-15(18)12-14(17)13-19/h4-10,12H,2-3,11,13,19H2,1H3. The van der Waals surface area contributed by atoms with Gasteiger partial charge in [0.15, 0.2) is 0 Å². The van der Waals surface area contributed by atoms with E-state index in [0.29, 0.717) is 6.54 Å². The second-order valence-corrected chi connectivity index (χ2v) is 5.25. The molecule has 0 atom stereocenters. The van der Waals surface area contributed by atoms with Crippen molar-refractivity contribution in [2.75, 3.05) is 11.4 Å². The minimum absolute atomic E-state index is 0.491. The largest absolute Gasteiger partial charge is 0.341 e. The SMILES string of the molecule is CCCCN(c1ccccc1)c1ccc(Cl)cc1CN. The van der Waals surface area contributed by atoms with Crippen LogP contribution in [0.5, 0.6) is 0 Å². The van der Waals surface area contributed by atoms with Crippen LogP contribution in [-0.4, -0.2) is 6.54 Å². The number of benzene rings is 2. The highest BCUT2D eigenvalue weighted by molar-refractivity contribution is 6.30. The van der Waals surface area contributed by atoms with Crippen molar-refractivity contribution in [3.05, 3.63) is 59.1 Å². The smallest absolute Gasteiger partial charge is 0.0457 e. The van der Waals surface area contributed by atoms with Crippen molar-refractivity contribution in [1.82, 2.24) is 0 Å². The van der Waals surface area contributed by atoms with Crippen molar-refractivity contribution in [2.45, 2.75) is 26.3 Å². The minimum Gasteiger partial charge on any atom is -0.341 e. The highest BCUT2D eigenvalue weighted by Crippen LogP contribution is 2.30. The third kappa shape index (κ3) is 3.53. The summed E-state index contributed by atoms with van der Waals surface area (Å²) < 4.78 is 0. The maximum Gasteiger partial charge on any atom is 0.0457 e. The van der Waals surface area contributed by atoms with Crippen LogP contribution in [0.15, 0.2) is 48.5 Å². The van der Waals surface area contributed by atoms with E-state index in [0.717, 1.165) is 35.7 Å². The van der Waals surface area contributed by atoms with Gasteiger partial charge in [0.2, 0.25) is 0 Å². The maximum atomic E-state index is 6.08. The fourth-order valence-electron chi connectivity index (χ4n) is 2.29. The Bertz CT molecular complexity index is 540.